The molecule has 0 aromatic heterocycles. The lowest BCUT2D eigenvalue weighted by Crippen LogP contribution is -2.48. The fourth-order valence-electron chi connectivity index (χ4n) is 3.02. The number of rotatable bonds is 7. The Labute approximate surface area is 121 Å². The highest BCUT2D eigenvalue weighted by molar-refractivity contribution is 5.36. The first-order valence-electron chi connectivity index (χ1n) is 7.32. The minimum atomic E-state index is -0.496. The van der Waals surface area contributed by atoms with E-state index in [-0.39, 0.29) is 11.9 Å². The van der Waals surface area contributed by atoms with E-state index in [0.717, 1.165) is 24.0 Å². The van der Waals surface area contributed by atoms with Gasteiger partial charge < -0.3 is 4.74 Å². The molecular weight excluding hydrogens is 255 g/mol. The first-order chi connectivity index (χ1) is 9.45. The molecule has 0 heterocycles. The van der Waals surface area contributed by atoms with E-state index in [2.05, 4.69) is 5.43 Å². The number of hydrogen-bond acceptors (Lipinski definition) is 3. The predicted octanol–water partition coefficient (Wildman–Crippen LogP) is 3.54. The Kier molecular flexibility index (Phi) is 6.11. The van der Waals surface area contributed by atoms with Crippen molar-refractivity contribution in [2.24, 2.45) is 5.84 Å². The highest BCUT2D eigenvalue weighted by Crippen LogP contribution is 2.37. The maximum absolute atomic E-state index is 14.4. The minimum absolute atomic E-state index is 0.226. The highest BCUT2D eigenvalue weighted by Gasteiger charge is 2.39. The normalized spacial score (nSPS) is 13.6. The summed E-state index contributed by atoms with van der Waals surface area (Å²) in [6, 6.07) is 3.16. The summed E-state index contributed by atoms with van der Waals surface area (Å²) >= 11 is 0. The van der Waals surface area contributed by atoms with Crippen molar-refractivity contribution in [3.63, 3.8) is 0 Å². The predicted molar refractivity (Wildman–Crippen MR) is 80.9 cm³/mol. The molecule has 1 unspecified atom stereocenters. The lowest BCUT2D eigenvalue weighted by Gasteiger charge is -2.40. The maximum atomic E-state index is 14.4. The fourth-order valence-corrected chi connectivity index (χ4v) is 3.02. The Morgan fingerprint density at radius 2 is 1.85 bits per heavy atom. The summed E-state index contributed by atoms with van der Waals surface area (Å²) in [5.41, 5.74) is 4.70. The number of nitrogens with one attached hydrogen (secondary N) is 1. The van der Waals surface area contributed by atoms with Crippen LogP contribution in [-0.2, 0) is 4.74 Å². The van der Waals surface area contributed by atoms with Crippen molar-refractivity contribution in [2.75, 3.05) is 6.61 Å². The zero-order chi connectivity index (χ0) is 15.3. The standard InChI is InChI=1S/C16H27FN2O/c1-6-16(7-2,20-8-3)15(19-18)14-12(5)9-11(4)10-13(14)17/h9-10,15,19H,6-8,18H2,1-5H3. The number of nitrogens with two attached hydrogens (primary N) is 1. The third-order valence-electron chi connectivity index (χ3n) is 4.09. The van der Waals surface area contributed by atoms with Gasteiger partial charge in [-0.3, -0.25) is 5.84 Å². The quantitative estimate of drug-likeness (QED) is 0.594. The molecule has 20 heavy (non-hydrogen) atoms. The third kappa shape index (κ3) is 3.19. The van der Waals surface area contributed by atoms with Crippen LogP contribution < -0.4 is 11.3 Å². The maximum Gasteiger partial charge on any atom is 0.128 e. The molecule has 0 saturated heterocycles. The smallest absolute Gasteiger partial charge is 0.128 e. The van der Waals surface area contributed by atoms with Crippen molar-refractivity contribution in [3.05, 3.63) is 34.6 Å². The van der Waals surface area contributed by atoms with Crippen LogP contribution in [-0.4, -0.2) is 12.2 Å². The van der Waals surface area contributed by atoms with Crippen LogP contribution in [0.3, 0.4) is 0 Å². The molecule has 0 bridgehead atoms. The molecule has 0 aliphatic rings. The van der Waals surface area contributed by atoms with Crippen molar-refractivity contribution in [3.8, 4) is 0 Å². The van der Waals surface area contributed by atoms with Gasteiger partial charge in [-0.15, -0.1) is 0 Å². The molecule has 3 nitrogen and oxygen atoms in total. The second kappa shape index (κ2) is 7.16. The van der Waals surface area contributed by atoms with Gasteiger partial charge >= 0.3 is 0 Å². The second-order valence-electron chi connectivity index (χ2n) is 5.28. The van der Waals surface area contributed by atoms with Gasteiger partial charge in [0.05, 0.1) is 11.6 Å². The fraction of sp³-hybridized carbons (Fsp3) is 0.625. The summed E-state index contributed by atoms with van der Waals surface area (Å²) < 4.78 is 20.4. The molecule has 0 aliphatic carbocycles. The van der Waals surface area contributed by atoms with Crippen LogP contribution in [0.2, 0.25) is 0 Å². The molecule has 1 aromatic rings. The van der Waals surface area contributed by atoms with Gasteiger partial charge in [0.25, 0.3) is 0 Å². The van der Waals surface area contributed by atoms with Crippen LogP contribution in [0.4, 0.5) is 4.39 Å². The molecule has 1 aromatic carbocycles. The second-order valence-corrected chi connectivity index (χ2v) is 5.28. The molecule has 0 fully saturated rings. The molecule has 4 heteroatoms. The molecule has 1 rings (SSSR count). The summed E-state index contributed by atoms with van der Waals surface area (Å²) in [6.45, 7) is 10.4. The average molecular weight is 282 g/mol. The molecule has 3 N–H and O–H groups in total. The van der Waals surface area contributed by atoms with E-state index in [1.165, 1.54) is 0 Å². The van der Waals surface area contributed by atoms with Gasteiger partial charge in [-0.2, -0.15) is 0 Å². The van der Waals surface area contributed by atoms with Crippen molar-refractivity contribution < 1.29 is 9.13 Å². The van der Waals surface area contributed by atoms with Crippen molar-refractivity contribution in [1.82, 2.24) is 5.43 Å². The van der Waals surface area contributed by atoms with Crippen LogP contribution >= 0.6 is 0 Å². The van der Waals surface area contributed by atoms with Gasteiger partial charge in [0.2, 0.25) is 0 Å². The zero-order valence-corrected chi connectivity index (χ0v) is 13.2. The molecule has 0 amide bonds. The lowest BCUT2D eigenvalue weighted by atomic mass is 9.82. The van der Waals surface area contributed by atoms with Gasteiger partial charge in [-0.1, -0.05) is 19.9 Å². The summed E-state index contributed by atoms with van der Waals surface area (Å²) in [4.78, 5) is 0. The van der Waals surface area contributed by atoms with Crippen molar-refractivity contribution in [2.45, 2.75) is 59.1 Å². The SMILES string of the molecule is CCOC(CC)(CC)C(NN)c1c(C)cc(C)cc1F. The zero-order valence-electron chi connectivity index (χ0n) is 13.2. The van der Waals surface area contributed by atoms with E-state index in [9.17, 15) is 4.39 Å². The van der Waals surface area contributed by atoms with Crippen LogP contribution in [0.25, 0.3) is 0 Å². The van der Waals surface area contributed by atoms with Gasteiger partial charge in [0, 0.05) is 12.2 Å². The van der Waals surface area contributed by atoms with E-state index in [1.807, 2.05) is 40.7 Å². The molecule has 1 atom stereocenters. The number of hydrogen-bond donors (Lipinski definition) is 2. The summed E-state index contributed by atoms with van der Waals surface area (Å²) in [6.07, 6.45) is 1.53. The monoisotopic (exact) mass is 282 g/mol. The first-order valence-corrected chi connectivity index (χ1v) is 7.32. The summed E-state index contributed by atoms with van der Waals surface area (Å²) in [5.74, 6) is 5.53. The number of hydrazine groups is 1. The lowest BCUT2D eigenvalue weighted by molar-refractivity contribution is -0.0742. The topological polar surface area (TPSA) is 47.3 Å². The van der Waals surface area contributed by atoms with Crippen LogP contribution in [0.5, 0.6) is 0 Å². The van der Waals surface area contributed by atoms with E-state index in [1.54, 1.807) is 6.07 Å². The highest BCUT2D eigenvalue weighted by atomic mass is 19.1. The van der Waals surface area contributed by atoms with Crippen molar-refractivity contribution in [1.29, 1.82) is 0 Å². The van der Waals surface area contributed by atoms with Gasteiger partial charge in [0.15, 0.2) is 0 Å². The Morgan fingerprint density at radius 3 is 2.25 bits per heavy atom. The Bertz CT molecular complexity index is 421. The molecule has 114 valence electrons. The summed E-state index contributed by atoms with van der Waals surface area (Å²) in [5, 5.41) is 0. The van der Waals surface area contributed by atoms with Crippen molar-refractivity contribution >= 4 is 0 Å². The van der Waals surface area contributed by atoms with Crippen LogP contribution in [0.15, 0.2) is 12.1 Å². The molecule has 0 aliphatic heterocycles. The Morgan fingerprint density at radius 1 is 1.25 bits per heavy atom. The van der Waals surface area contributed by atoms with E-state index >= 15 is 0 Å². The average Bonchev–Trinajstić information content (AvgIpc) is 2.40. The Balaban J connectivity index is 3.37. The van der Waals surface area contributed by atoms with E-state index in [0.29, 0.717) is 12.2 Å². The van der Waals surface area contributed by atoms with Crippen LogP contribution in [0.1, 0.15) is 56.3 Å². The molecule has 0 saturated carbocycles. The number of benzene rings is 1. The van der Waals surface area contributed by atoms with Gasteiger partial charge in [-0.05, 0) is 50.8 Å². The van der Waals surface area contributed by atoms with Gasteiger partial charge in [0.1, 0.15) is 5.82 Å². The molecule has 0 radical (unpaired) electrons. The third-order valence-corrected chi connectivity index (χ3v) is 4.09. The van der Waals surface area contributed by atoms with Crippen LogP contribution in [0, 0.1) is 19.7 Å². The van der Waals surface area contributed by atoms with E-state index in [4.69, 9.17) is 10.6 Å². The van der Waals surface area contributed by atoms with E-state index < -0.39 is 5.60 Å². The number of aryl methyl sites for hydroxylation is 2. The minimum Gasteiger partial charge on any atom is -0.373 e. The molecule has 0 spiro atoms. The Hall–Kier alpha value is -0.970. The number of halogens is 1. The van der Waals surface area contributed by atoms with Gasteiger partial charge in [-0.25, -0.2) is 9.82 Å². The first kappa shape index (κ1) is 17.1. The summed E-state index contributed by atoms with van der Waals surface area (Å²) in [7, 11) is 0. The number of ether oxygens (including phenoxy) is 1. The molecular formula is C16H27FN2O. The largest absolute Gasteiger partial charge is 0.373 e.